The van der Waals surface area contributed by atoms with Crippen LogP contribution in [0.4, 0.5) is 0 Å². The number of carbonyl (C=O) groups excluding carboxylic acids is 1. The molecule has 1 N–H and O–H groups in total. The third kappa shape index (κ3) is 4.14. The minimum atomic E-state index is -0.108. The van der Waals surface area contributed by atoms with Crippen LogP contribution in [0.3, 0.4) is 0 Å². The maximum absolute atomic E-state index is 11.9. The standard InChI is InChI=1S/C13H17N3O3S/c1-2-11-12(20-16-15-11)13(17)14-6-4-7-18-9-10-5-3-8-19-10/h3,5,8H,2,4,6-7,9H2,1H3,(H,14,17). The molecule has 2 aromatic rings. The minimum absolute atomic E-state index is 0.108. The molecule has 0 fully saturated rings. The van der Waals surface area contributed by atoms with Crippen molar-refractivity contribution in [2.45, 2.75) is 26.4 Å². The van der Waals surface area contributed by atoms with Gasteiger partial charge in [0, 0.05) is 13.2 Å². The Labute approximate surface area is 121 Å². The Morgan fingerprint density at radius 3 is 3.20 bits per heavy atom. The fraction of sp³-hybridized carbons (Fsp3) is 0.462. The third-order valence-electron chi connectivity index (χ3n) is 2.67. The molecular weight excluding hydrogens is 278 g/mol. The monoisotopic (exact) mass is 295 g/mol. The fourth-order valence-electron chi connectivity index (χ4n) is 1.64. The van der Waals surface area contributed by atoms with E-state index < -0.39 is 0 Å². The number of hydrogen-bond donors (Lipinski definition) is 1. The van der Waals surface area contributed by atoms with Crippen LogP contribution in [0.2, 0.25) is 0 Å². The number of carbonyl (C=O) groups is 1. The van der Waals surface area contributed by atoms with E-state index in [2.05, 4.69) is 14.9 Å². The Balaban J connectivity index is 1.60. The normalized spacial score (nSPS) is 10.7. The molecule has 0 aliphatic carbocycles. The summed E-state index contributed by atoms with van der Waals surface area (Å²) in [5, 5.41) is 6.76. The molecule has 0 aliphatic rings. The highest BCUT2D eigenvalue weighted by Crippen LogP contribution is 2.10. The number of nitrogens with zero attached hydrogens (tertiary/aromatic N) is 2. The molecule has 108 valence electrons. The molecule has 6 nitrogen and oxygen atoms in total. The van der Waals surface area contributed by atoms with Crippen LogP contribution in [0, 0.1) is 0 Å². The number of nitrogens with one attached hydrogen (secondary N) is 1. The van der Waals surface area contributed by atoms with Crippen molar-refractivity contribution < 1.29 is 13.9 Å². The molecule has 0 saturated heterocycles. The molecule has 2 aromatic heterocycles. The molecule has 2 heterocycles. The number of hydrogen-bond acceptors (Lipinski definition) is 6. The van der Waals surface area contributed by atoms with E-state index in [9.17, 15) is 4.79 Å². The quantitative estimate of drug-likeness (QED) is 0.754. The first kappa shape index (κ1) is 14.7. The lowest BCUT2D eigenvalue weighted by Crippen LogP contribution is -2.25. The summed E-state index contributed by atoms with van der Waals surface area (Å²) >= 11 is 1.13. The van der Waals surface area contributed by atoms with Crippen molar-refractivity contribution in [2.75, 3.05) is 13.2 Å². The zero-order valence-corrected chi connectivity index (χ0v) is 12.1. The van der Waals surface area contributed by atoms with Crippen molar-refractivity contribution in [3.8, 4) is 0 Å². The molecule has 1 amide bonds. The summed E-state index contributed by atoms with van der Waals surface area (Å²) in [5.74, 6) is 0.695. The molecule has 0 radical (unpaired) electrons. The van der Waals surface area contributed by atoms with Crippen LogP contribution in [0.1, 0.15) is 34.5 Å². The van der Waals surface area contributed by atoms with E-state index in [1.165, 1.54) is 0 Å². The Kier molecular flexibility index (Phi) is 5.69. The van der Waals surface area contributed by atoms with Crippen molar-refractivity contribution in [3.05, 3.63) is 34.7 Å². The average molecular weight is 295 g/mol. The van der Waals surface area contributed by atoms with Gasteiger partial charge >= 0.3 is 0 Å². The second-order valence-corrected chi connectivity index (χ2v) is 4.90. The summed E-state index contributed by atoms with van der Waals surface area (Å²) in [7, 11) is 0. The molecule has 2 rings (SSSR count). The van der Waals surface area contributed by atoms with Gasteiger partial charge in [-0.15, -0.1) is 5.10 Å². The summed E-state index contributed by atoms with van der Waals surface area (Å²) in [6, 6.07) is 3.69. The van der Waals surface area contributed by atoms with Gasteiger partial charge in [0.25, 0.3) is 5.91 Å². The Hall–Kier alpha value is -1.73. The lowest BCUT2D eigenvalue weighted by atomic mass is 10.3. The second kappa shape index (κ2) is 7.76. The number of furan rings is 1. The highest BCUT2D eigenvalue weighted by atomic mass is 32.1. The van der Waals surface area contributed by atoms with Gasteiger partial charge in [0.05, 0.1) is 12.0 Å². The van der Waals surface area contributed by atoms with Crippen LogP contribution in [0.25, 0.3) is 0 Å². The number of amides is 1. The van der Waals surface area contributed by atoms with Crippen molar-refractivity contribution in [3.63, 3.8) is 0 Å². The van der Waals surface area contributed by atoms with Gasteiger partial charge in [-0.3, -0.25) is 4.79 Å². The zero-order chi connectivity index (χ0) is 14.2. The van der Waals surface area contributed by atoms with Gasteiger partial charge in [0.15, 0.2) is 0 Å². The Morgan fingerprint density at radius 1 is 1.55 bits per heavy atom. The molecule has 0 unspecified atom stereocenters. The van der Waals surface area contributed by atoms with E-state index in [1.807, 2.05) is 19.1 Å². The highest BCUT2D eigenvalue weighted by molar-refractivity contribution is 7.08. The molecular formula is C13H17N3O3S. The predicted octanol–water partition coefficient (Wildman–Crippen LogP) is 2.03. The predicted molar refractivity (Wildman–Crippen MR) is 74.6 cm³/mol. The number of ether oxygens (including phenoxy) is 1. The molecule has 7 heteroatoms. The zero-order valence-electron chi connectivity index (χ0n) is 11.3. The van der Waals surface area contributed by atoms with E-state index in [0.29, 0.717) is 31.1 Å². The van der Waals surface area contributed by atoms with Gasteiger partial charge in [-0.05, 0) is 36.5 Å². The van der Waals surface area contributed by atoms with E-state index in [-0.39, 0.29) is 5.91 Å². The highest BCUT2D eigenvalue weighted by Gasteiger charge is 2.13. The van der Waals surface area contributed by atoms with Gasteiger partial charge in [-0.25, -0.2) is 0 Å². The molecule has 0 bridgehead atoms. The van der Waals surface area contributed by atoms with Crippen molar-refractivity contribution in [1.29, 1.82) is 0 Å². The molecule has 20 heavy (non-hydrogen) atoms. The van der Waals surface area contributed by atoms with Crippen molar-refractivity contribution in [1.82, 2.24) is 14.9 Å². The molecule has 0 atom stereocenters. The first-order valence-corrected chi connectivity index (χ1v) is 7.28. The topological polar surface area (TPSA) is 77.2 Å². The van der Waals surface area contributed by atoms with E-state index >= 15 is 0 Å². The number of aryl methyl sites for hydroxylation is 1. The van der Waals surface area contributed by atoms with Gasteiger partial charge in [-0.1, -0.05) is 11.4 Å². The first-order valence-electron chi connectivity index (χ1n) is 6.50. The van der Waals surface area contributed by atoms with Crippen LogP contribution in [0.5, 0.6) is 0 Å². The van der Waals surface area contributed by atoms with Gasteiger partial charge in [-0.2, -0.15) is 0 Å². The van der Waals surface area contributed by atoms with E-state index in [0.717, 1.165) is 29.4 Å². The molecule has 0 spiro atoms. The first-order chi connectivity index (χ1) is 9.81. The average Bonchev–Trinajstić information content (AvgIpc) is 3.12. The van der Waals surface area contributed by atoms with Gasteiger partial charge in [0.2, 0.25) is 0 Å². The number of aromatic nitrogens is 2. The van der Waals surface area contributed by atoms with Gasteiger partial charge in [0.1, 0.15) is 17.2 Å². The largest absolute Gasteiger partial charge is 0.467 e. The number of rotatable bonds is 8. The van der Waals surface area contributed by atoms with Crippen molar-refractivity contribution in [2.24, 2.45) is 0 Å². The Morgan fingerprint density at radius 2 is 2.45 bits per heavy atom. The van der Waals surface area contributed by atoms with Crippen LogP contribution >= 0.6 is 11.5 Å². The van der Waals surface area contributed by atoms with E-state index in [4.69, 9.17) is 9.15 Å². The molecule has 0 saturated carbocycles. The van der Waals surface area contributed by atoms with Crippen molar-refractivity contribution >= 4 is 17.4 Å². The minimum Gasteiger partial charge on any atom is -0.467 e. The fourth-order valence-corrected chi connectivity index (χ4v) is 2.30. The lowest BCUT2D eigenvalue weighted by molar-refractivity contribution is 0.0919. The second-order valence-electron chi connectivity index (χ2n) is 4.14. The molecule has 0 aromatic carbocycles. The SMILES string of the molecule is CCc1nnsc1C(=O)NCCCOCc1ccco1. The Bertz CT molecular complexity index is 525. The summed E-state index contributed by atoms with van der Waals surface area (Å²) < 4.78 is 14.4. The van der Waals surface area contributed by atoms with Crippen LogP contribution in [-0.4, -0.2) is 28.6 Å². The maximum atomic E-state index is 11.9. The van der Waals surface area contributed by atoms with Crippen LogP contribution in [0.15, 0.2) is 22.8 Å². The van der Waals surface area contributed by atoms with Gasteiger partial charge < -0.3 is 14.5 Å². The summed E-state index contributed by atoms with van der Waals surface area (Å²) in [4.78, 5) is 12.5. The summed E-state index contributed by atoms with van der Waals surface area (Å²) in [6.45, 7) is 3.55. The summed E-state index contributed by atoms with van der Waals surface area (Å²) in [5.41, 5.74) is 0.751. The molecule has 0 aliphatic heterocycles. The van der Waals surface area contributed by atoms with Crippen LogP contribution in [-0.2, 0) is 17.8 Å². The van der Waals surface area contributed by atoms with E-state index in [1.54, 1.807) is 6.26 Å². The maximum Gasteiger partial charge on any atom is 0.264 e. The van der Waals surface area contributed by atoms with Crippen LogP contribution < -0.4 is 5.32 Å². The smallest absolute Gasteiger partial charge is 0.264 e. The lowest BCUT2D eigenvalue weighted by Gasteiger charge is -2.04. The summed E-state index contributed by atoms with van der Waals surface area (Å²) in [6.07, 6.45) is 3.08. The third-order valence-corrected chi connectivity index (χ3v) is 3.44.